The van der Waals surface area contributed by atoms with Gasteiger partial charge in [-0.25, -0.2) is 0 Å². The van der Waals surface area contributed by atoms with Crippen LogP contribution in [0.4, 0.5) is 5.69 Å². The molecule has 1 saturated carbocycles. The molecule has 0 amide bonds. The first-order chi connectivity index (χ1) is 10.6. The van der Waals surface area contributed by atoms with E-state index in [1.54, 1.807) is 14.2 Å². The molecule has 1 fully saturated rings. The zero-order chi connectivity index (χ0) is 16.0. The summed E-state index contributed by atoms with van der Waals surface area (Å²) < 4.78 is 10.5. The molecule has 0 saturated heterocycles. The average molecular weight is 305 g/mol. The van der Waals surface area contributed by atoms with E-state index in [1.165, 1.54) is 32.1 Å². The number of methoxy groups -OCH3 is 2. The first-order valence-corrected chi connectivity index (χ1v) is 7.91. The third-order valence-electron chi connectivity index (χ3n) is 4.44. The van der Waals surface area contributed by atoms with Gasteiger partial charge in [0.05, 0.1) is 14.2 Å². The fourth-order valence-electron chi connectivity index (χ4n) is 3.05. The van der Waals surface area contributed by atoms with Crippen LogP contribution in [0.2, 0.25) is 0 Å². The van der Waals surface area contributed by atoms with Gasteiger partial charge in [-0.3, -0.25) is 4.99 Å². The van der Waals surface area contributed by atoms with Crippen LogP contribution in [0.15, 0.2) is 23.2 Å². The summed E-state index contributed by atoms with van der Waals surface area (Å²) in [6, 6.07) is 5.60. The molecule has 0 aromatic heterocycles. The summed E-state index contributed by atoms with van der Waals surface area (Å²) in [4.78, 5) is 4.54. The van der Waals surface area contributed by atoms with Gasteiger partial charge in [-0.05, 0) is 36.8 Å². The Balaban J connectivity index is 1.99. The van der Waals surface area contributed by atoms with Gasteiger partial charge in [-0.2, -0.15) is 0 Å². The molecule has 3 N–H and O–H groups in total. The summed E-state index contributed by atoms with van der Waals surface area (Å²) in [5.41, 5.74) is 7.25. The van der Waals surface area contributed by atoms with Gasteiger partial charge in [-0.15, -0.1) is 0 Å². The van der Waals surface area contributed by atoms with E-state index in [2.05, 4.69) is 17.2 Å². The number of anilines is 1. The Morgan fingerprint density at radius 1 is 1.27 bits per heavy atom. The molecule has 5 nitrogen and oxygen atoms in total. The van der Waals surface area contributed by atoms with Crippen molar-refractivity contribution in [3.63, 3.8) is 0 Å². The number of ether oxygens (including phenoxy) is 2. The van der Waals surface area contributed by atoms with Crippen LogP contribution in [0.25, 0.3) is 0 Å². The molecule has 0 bridgehead atoms. The van der Waals surface area contributed by atoms with Crippen LogP contribution in [0, 0.1) is 5.41 Å². The first kappa shape index (κ1) is 16.5. The van der Waals surface area contributed by atoms with Crippen molar-refractivity contribution in [2.24, 2.45) is 16.1 Å². The van der Waals surface area contributed by atoms with Gasteiger partial charge in [0, 0.05) is 18.3 Å². The highest BCUT2D eigenvalue weighted by atomic mass is 16.5. The number of nitrogens with zero attached hydrogens (tertiary/aromatic N) is 1. The maximum atomic E-state index is 6.02. The molecule has 0 aliphatic heterocycles. The number of aliphatic imine (C=N–C) groups is 1. The molecule has 2 rings (SSSR count). The minimum absolute atomic E-state index is 0.388. The van der Waals surface area contributed by atoms with Crippen molar-refractivity contribution in [1.82, 2.24) is 0 Å². The lowest BCUT2D eigenvalue weighted by Crippen LogP contribution is -2.34. The van der Waals surface area contributed by atoms with Gasteiger partial charge in [0.2, 0.25) is 0 Å². The SMILES string of the molecule is CCCC1(CN=C(N)Nc2ccc(OC)c(OC)c2)CCC1. The average Bonchev–Trinajstić information content (AvgIpc) is 2.49. The van der Waals surface area contributed by atoms with Crippen molar-refractivity contribution in [1.29, 1.82) is 0 Å². The highest BCUT2D eigenvalue weighted by Gasteiger charge is 2.35. The zero-order valence-electron chi connectivity index (χ0n) is 13.8. The number of hydrogen-bond acceptors (Lipinski definition) is 3. The second kappa shape index (κ2) is 7.38. The predicted molar refractivity (Wildman–Crippen MR) is 90.9 cm³/mol. The Labute approximate surface area is 132 Å². The Bertz CT molecular complexity index is 525. The number of nitrogens with two attached hydrogens (primary N) is 1. The summed E-state index contributed by atoms with van der Waals surface area (Å²) in [7, 11) is 3.23. The van der Waals surface area contributed by atoms with Crippen LogP contribution in [0.3, 0.4) is 0 Å². The maximum absolute atomic E-state index is 6.02. The Morgan fingerprint density at radius 3 is 2.55 bits per heavy atom. The third kappa shape index (κ3) is 3.84. The normalized spacial score (nSPS) is 16.8. The van der Waals surface area contributed by atoms with Crippen molar-refractivity contribution in [2.45, 2.75) is 39.0 Å². The quantitative estimate of drug-likeness (QED) is 0.598. The molecule has 0 spiro atoms. The Kier molecular flexibility index (Phi) is 5.52. The van der Waals surface area contributed by atoms with E-state index in [-0.39, 0.29) is 0 Å². The van der Waals surface area contributed by atoms with Gasteiger partial charge >= 0.3 is 0 Å². The monoisotopic (exact) mass is 305 g/mol. The predicted octanol–water partition coefficient (Wildman–Crippen LogP) is 3.40. The molecule has 1 aromatic carbocycles. The van der Waals surface area contributed by atoms with E-state index in [9.17, 15) is 0 Å². The highest BCUT2D eigenvalue weighted by Crippen LogP contribution is 2.45. The topological polar surface area (TPSA) is 68.9 Å². The molecular formula is C17H27N3O2. The van der Waals surface area contributed by atoms with Crippen LogP contribution >= 0.6 is 0 Å². The third-order valence-corrected chi connectivity index (χ3v) is 4.44. The lowest BCUT2D eigenvalue weighted by molar-refractivity contribution is 0.130. The van der Waals surface area contributed by atoms with E-state index in [1.807, 2.05) is 18.2 Å². The lowest BCUT2D eigenvalue weighted by Gasteiger charge is -2.40. The molecule has 0 radical (unpaired) electrons. The fourth-order valence-corrected chi connectivity index (χ4v) is 3.05. The van der Waals surface area contributed by atoms with E-state index >= 15 is 0 Å². The molecule has 22 heavy (non-hydrogen) atoms. The minimum Gasteiger partial charge on any atom is -0.493 e. The van der Waals surface area contributed by atoms with Crippen LogP contribution in [-0.2, 0) is 0 Å². The summed E-state index contributed by atoms with van der Waals surface area (Å²) in [5, 5.41) is 3.12. The van der Waals surface area contributed by atoms with Crippen molar-refractivity contribution in [3.8, 4) is 11.5 Å². The fraction of sp³-hybridized carbons (Fsp3) is 0.588. The Morgan fingerprint density at radius 2 is 2.00 bits per heavy atom. The standard InChI is InChI=1S/C17H27N3O2/c1-4-8-17(9-5-10-17)12-19-16(18)20-13-6-7-14(21-2)15(11-13)22-3/h6-7,11H,4-5,8-10,12H2,1-3H3,(H3,18,19,20). The van der Waals surface area contributed by atoms with Crippen LogP contribution in [0.5, 0.6) is 11.5 Å². The zero-order valence-corrected chi connectivity index (χ0v) is 13.8. The van der Waals surface area contributed by atoms with Gasteiger partial charge in [-0.1, -0.05) is 19.8 Å². The second-order valence-corrected chi connectivity index (χ2v) is 6.00. The van der Waals surface area contributed by atoms with Gasteiger partial charge in [0.25, 0.3) is 0 Å². The van der Waals surface area contributed by atoms with Gasteiger partial charge < -0.3 is 20.5 Å². The molecule has 1 aliphatic rings. The molecule has 1 aromatic rings. The molecule has 0 atom stereocenters. The van der Waals surface area contributed by atoms with E-state index in [0.717, 1.165) is 12.2 Å². The number of guanidine groups is 1. The summed E-state index contributed by atoms with van der Waals surface area (Å²) >= 11 is 0. The highest BCUT2D eigenvalue weighted by molar-refractivity contribution is 5.92. The van der Waals surface area contributed by atoms with E-state index < -0.39 is 0 Å². The maximum Gasteiger partial charge on any atom is 0.193 e. The van der Waals surface area contributed by atoms with Gasteiger partial charge in [0.15, 0.2) is 17.5 Å². The van der Waals surface area contributed by atoms with E-state index in [4.69, 9.17) is 15.2 Å². The molecule has 1 aliphatic carbocycles. The summed E-state index contributed by atoms with van der Waals surface area (Å²) in [6.07, 6.45) is 6.30. The number of benzene rings is 1. The second-order valence-electron chi connectivity index (χ2n) is 6.00. The van der Waals surface area contributed by atoms with E-state index in [0.29, 0.717) is 22.9 Å². The number of nitrogens with one attached hydrogen (secondary N) is 1. The smallest absolute Gasteiger partial charge is 0.193 e. The summed E-state index contributed by atoms with van der Waals surface area (Å²) in [5.74, 6) is 1.82. The van der Waals surface area contributed by atoms with Crippen molar-refractivity contribution in [2.75, 3.05) is 26.1 Å². The molecule has 5 heteroatoms. The van der Waals surface area contributed by atoms with Crippen molar-refractivity contribution < 1.29 is 9.47 Å². The minimum atomic E-state index is 0.388. The van der Waals surface area contributed by atoms with Crippen LogP contribution in [-0.4, -0.2) is 26.7 Å². The molecule has 122 valence electrons. The largest absolute Gasteiger partial charge is 0.493 e. The molecular weight excluding hydrogens is 278 g/mol. The number of rotatable bonds is 7. The first-order valence-electron chi connectivity index (χ1n) is 7.91. The van der Waals surface area contributed by atoms with Crippen LogP contribution < -0.4 is 20.5 Å². The lowest BCUT2D eigenvalue weighted by atomic mass is 9.66. The van der Waals surface area contributed by atoms with Gasteiger partial charge in [0.1, 0.15) is 0 Å². The van der Waals surface area contributed by atoms with Crippen molar-refractivity contribution in [3.05, 3.63) is 18.2 Å². The van der Waals surface area contributed by atoms with Crippen molar-refractivity contribution >= 4 is 11.6 Å². The number of hydrogen-bond donors (Lipinski definition) is 2. The Hall–Kier alpha value is -1.91. The summed E-state index contributed by atoms with van der Waals surface area (Å²) in [6.45, 7) is 3.04. The molecule has 0 heterocycles. The van der Waals surface area contributed by atoms with Crippen LogP contribution in [0.1, 0.15) is 39.0 Å². The molecule has 0 unspecified atom stereocenters.